The van der Waals surface area contributed by atoms with E-state index in [0.29, 0.717) is 11.6 Å². The van der Waals surface area contributed by atoms with Crippen molar-refractivity contribution in [2.24, 2.45) is 7.05 Å². The molecule has 0 saturated heterocycles. The second-order valence-corrected chi connectivity index (χ2v) is 6.01. The predicted octanol–water partition coefficient (Wildman–Crippen LogP) is 2.29. The summed E-state index contributed by atoms with van der Waals surface area (Å²) in [7, 11) is 1.87. The van der Waals surface area contributed by atoms with Gasteiger partial charge in [0.15, 0.2) is 11.6 Å². The molecule has 8 heteroatoms. The lowest BCUT2D eigenvalue weighted by Crippen LogP contribution is -2.24. The van der Waals surface area contributed by atoms with Crippen LogP contribution in [0.2, 0.25) is 0 Å². The standard InChI is InChI=1S/C14H13BrN6O/c1-7-9(6-16-20(7)2)12-18-13-8-4-3-5-10(15)11(8)17-14(22)21(13)19-12/h3-6,14,17,22H,1-2H3. The average molecular weight is 361 g/mol. The molecule has 1 atom stereocenters. The van der Waals surface area contributed by atoms with Gasteiger partial charge in [-0.15, -0.1) is 5.10 Å². The normalized spacial score (nSPS) is 16.1. The summed E-state index contributed by atoms with van der Waals surface area (Å²) in [6.45, 7) is 1.96. The maximum absolute atomic E-state index is 10.3. The SMILES string of the molecule is Cc1c(-c2nc3n(n2)C(O)Nc2c(Br)cccc2-3)cnn1C. The van der Waals surface area contributed by atoms with Crippen LogP contribution in [0, 0.1) is 6.92 Å². The molecule has 0 radical (unpaired) electrons. The van der Waals surface area contributed by atoms with Gasteiger partial charge >= 0.3 is 0 Å². The van der Waals surface area contributed by atoms with Gasteiger partial charge in [0.2, 0.25) is 6.35 Å². The Morgan fingerprint density at radius 1 is 1.32 bits per heavy atom. The summed E-state index contributed by atoms with van der Waals surface area (Å²) >= 11 is 3.48. The van der Waals surface area contributed by atoms with E-state index in [1.54, 1.807) is 10.9 Å². The first-order chi connectivity index (χ1) is 10.6. The molecule has 3 aromatic rings. The van der Waals surface area contributed by atoms with E-state index in [9.17, 15) is 5.11 Å². The van der Waals surface area contributed by atoms with Crippen molar-refractivity contribution in [3.8, 4) is 22.8 Å². The van der Waals surface area contributed by atoms with Crippen molar-refractivity contribution < 1.29 is 5.11 Å². The molecule has 1 aliphatic rings. The number of nitrogens with one attached hydrogen (secondary N) is 1. The Hall–Kier alpha value is -2.19. The van der Waals surface area contributed by atoms with Gasteiger partial charge in [0.05, 0.1) is 17.4 Å². The Morgan fingerprint density at radius 2 is 2.14 bits per heavy atom. The van der Waals surface area contributed by atoms with Gasteiger partial charge in [-0.25, -0.2) is 4.98 Å². The first-order valence-corrected chi connectivity index (χ1v) is 7.54. The molecule has 0 fully saturated rings. The molecular formula is C14H13BrN6O. The maximum Gasteiger partial charge on any atom is 0.227 e. The summed E-state index contributed by atoms with van der Waals surface area (Å²) in [4.78, 5) is 4.61. The molecule has 4 rings (SSSR count). The predicted molar refractivity (Wildman–Crippen MR) is 85.0 cm³/mol. The second-order valence-electron chi connectivity index (χ2n) is 5.15. The van der Waals surface area contributed by atoms with E-state index >= 15 is 0 Å². The molecule has 1 unspecified atom stereocenters. The van der Waals surface area contributed by atoms with E-state index in [2.05, 4.69) is 36.4 Å². The number of aliphatic hydroxyl groups excluding tert-OH is 1. The topological polar surface area (TPSA) is 80.8 Å². The lowest BCUT2D eigenvalue weighted by molar-refractivity contribution is 0.119. The monoisotopic (exact) mass is 360 g/mol. The fourth-order valence-corrected chi connectivity index (χ4v) is 3.04. The molecule has 0 aliphatic carbocycles. The molecule has 0 saturated carbocycles. The molecule has 0 bridgehead atoms. The summed E-state index contributed by atoms with van der Waals surface area (Å²) in [6, 6.07) is 5.78. The number of aromatic nitrogens is 5. The molecule has 2 aromatic heterocycles. The highest BCUT2D eigenvalue weighted by Gasteiger charge is 2.28. The molecule has 0 amide bonds. The Balaban J connectivity index is 1.93. The van der Waals surface area contributed by atoms with Crippen LogP contribution in [-0.4, -0.2) is 29.7 Å². The van der Waals surface area contributed by atoms with E-state index in [1.807, 2.05) is 32.2 Å². The summed E-state index contributed by atoms with van der Waals surface area (Å²) in [5.74, 6) is 1.18. The summed E-state index contributed by atoms with van der Waals surface area (Å²) in [5.41, 5.74) is 3.53. The fraction of sp³-hybridized carbons (Fsp3) is 0.214. The van der Waals surface area contributed by atoms with Gasteiger partial charge < -0.3 is 10.4 Å². The summed E-state index contributed by atoms with van der Waals surface area (Å²) in [6.07, 6.45) is 0.776. The van der Waals surface area contributed by atoms with Crippen LogP contribution >= 0.6 is 15.9 Å². The molecule has 3 heterocycles. The van der Waals surface area contributed by atoms with Crippen molar-refractivity contribution in [2.75, 3.05) is 5.32 Å². The van der Waals surface area contributed by atoms with E-state index < -0.39 is 6.35 Å². The summed E-state index contributed by atoms with van der Waals surface area (Å²) < 4.78 is 4.13. The van der Waals surface area contributed by atoms with E-state index in [4.69, 9.17) is 0 Å². The number of benzene rings is 1. The zero-order valence-corrected chi connectivity index (χ0v) is 13.5. The molecular weight excluding hydrogens is 348 g/mol. The number of fused-ring (bicyclic) bond motifs is 3. The van der Waals surface area contributed by atoms with E-state index in [-0.39, 0.29) is 0 Å². The quantitative estimate of drug-likeness (QED) is 0.695. The van der Waals surface area contributed by atoms with Crippen molar-refractivity contribution in [2.45, 2.75) is 13.3 Å². The molecule has 7 nitrogen and oxygen atoms in total. The van der Waals surface area contributed by atoms with Crippen LogP contribution in [0.5, 0.6) is 0 Å². The van der Waals surface area contributed by atoms with Gasteiger partial charge in [0, 0.05) is 22.8 Å². The van der Waals surface area contributed by atoms with Crippen molar-refractivity contribution in [3.63, 3.8) is 0 Å². The zero-order valence-electron chi connectivity index (χ0n) is 11.9. The number of anilines is 1. The van der Waals surface area contributed by atoms with Crippen LogP contribution in [0.4, 0.5) is 5.69 Å². The number of rotatable bonds is 1. The molecule has 22 heavy (non-hydrogen) atoms. The number of para-hydroxylation sites is 1. The van der Waals surface area contributed by atoms with Gasteiger partial charge in [-0.1, -0.05) is 6.07 Å². The number of halogens is 1. The first-order valence-electron chi connectivity index (χ1n) is 6.75. The van der Waals surface area contributed by atoms with Crippen molar-refractivity contribution in [3.05, 3.63) is 34.6 Å². The minimum Gasteiger partial charge on any atom is -0.355 e. The van der Waals surface area contributed by atoms with Gasteiger partial charge in [-0.3, -0.25) is 4.68 Å². The number of nitrogens with zero attached hydrogens (tertiary/aromatic N) is 5. The van der Waals surface area contributed by atoms with Gasteiger partial charge in [-0.2, -0.15) is 9.78 Å². The van der Waals surface area contributed by atoms with Crippen LogP contribution in [0.1, 0.15) is 12.0 Å². The minimum absolute atomic E-state index is 0.550. The van der Waals surface area contributed by atoms with Gasteiger partial charge in [0.1, 0.15) is 0 Å². The van der Waals surface area contributed by atoms with Gasteiger partial charge in [-0.05, 0) is 35.0 Å². The molecule has 112 valence electrons. The van der Waals surface area contributed by atoms with Crippen LogP contribution in [0.15, 0.2) is 28.9 Å². The number of hydrogen-bond acceptors (Lipinski definition) is 5. The number of aliphatic hydroxyl groups is 1. The van der Waals surface area contributed by atoms with Crippen LogP contribution in [-0.2, 0) is 7.05 Å². The van der Waals surface area contributed by atoms with Gasteiger partial charge in [0.25, 0.3) is 0 Å². The Labute approximate surface area is 134 Å². The zero-order chi connectivity index (χ0) is 15.4. The molecule has 2 N–H and O–H groups in total. The van der Waals surface area contributed by atoms with E-state index in [1.165, 1.54) is 4.68 Å². The van der Waals surface area contributed by atoms with Crippen LogP contribution < -0.4 is 5.32 Å². The second kappa shape index (κ2) is 4.65. The lowest BCUT2D eigenvalue weighted by Gasteiger charge is -2.24. The third-order valence-electron chi connectivity index (χ3n) is 3.87. The summed E-state index contributed by atoms with van der Waals surface area (Å²) in [5, 5.41) is 21.9. The Bertz CT molecular complexity index is 884. The van der Waals surface area contributed by atoms with Crippen molar-refractivity contribution in [1.29, 1.82) is 0 Å². The highest BCUT2D eigenvalue weighted by molar-refractivity contribution is 9.10. The average Bonchev–Trinajstić information content (AvgIpc) is 3.06. The Morgan fingerprint density at radius 3 is 2.86 bits per heavy atom. The first kappa shape index (κ1) is 13.5. The maximum atomic E-state index is 10.3. The largest absolute Gasteiger partial charge is 0.355 e. The van der Waals surface area contributed by atoms with Crippen LogP contribution in [0.25, 0.3) is 22.8 Å². The molecule has 0 spiro atoms. The third kappa shape index (κ3) is 1.80. The minimum atomic E-state index is -0.959. The molecule has 1 aromatic carbocycles. The van der Waals surface area contributed by atoms with E-state index in [0.717, 1.165) is 27.0 Å². The van der Waals surface area contributed by atoms with Crippen molar-refractivity contribution >= 4 is 21.6 Å². The molecule has 1 aliphatic heterocycles. The lowest BCUT2D eigenvalue weighted by atomic mass is 10.1. The fourth-order valence-electron chi connectivity index (χ4n) is 2.56. The van der Waals surface area contributed by atoms with Crippen LogP contribution in [0.3, 0.4) is 0 Å². The highest BCUT2D eigenvalue weighted by Crippen LogP contribution is 2.39. The smallest absolute Gasteiger partial charge is 0.227 e. The van der Waals surface area contributed by atoms with Crippen molar-refractivity contribution in [1.82, 2.24) is 24.5 Å². The third-order valence-corrected chi connectivity index (χ3v) is 4.53. The highest BCUT2D eigenvalue weighted by atomic mass is 79.9. The Kier molecular flexibility index (Phi) is 2.85. The number of aryl methyl sites for hydroxylation is 1. The number of hydrogen-bond donors (Lipinski definition) is 2.